The van der Waals surface area contributed by atoms with E-state index in [9.17, 15) is 0 Å². The van der Waals surface area contributed by atoms with Crippen LogP contribution in [0.2, 0.25) is 0 Å². The molecule has 0 bridgehead atoms. The minimum atomic E-state index is 1.19. The van der Waals surface area contributed by atoms with E-state index in [2.05, 4.69) is 38.3 Å². The highest BCUT2D eigenvalue weighted by Crippen LogP contribution is 2.20. The Kier molecular flexibility index (Phi) is 31.6. The summed E-state index contributed by atoms with van der Waals surface area (Å²) in [5.74, 6) is 0. The molecule has 36 heavy (non-hydrogen) atoms. The first-order valence-electron chi connectivity index (χ1n) is 16.7. The van der Waals surface area contributed by atoms with E-state index < -0.39 is 0 Å². The monoisotopic (exact) mass is 501 g/mol. The van der Waals surface area contributed by atoms with Crippen LogP contribution in [-0.2, 0) is 0 Å². The zero-order chi connectivity index (χ0) is 26.2. The largest absolute Gasteiger partial charge is 0.103 e. The van der Waals surface area contributed by atoms with Gasteiger partial charge in [-0.25, -0.2) is 0 Å². The first kappa shape index (κ1) is 35.2. The summed E-state index contributed by atoms with van der Waals surface area (Å²) in [5.41, 5.74) is 1.78. The summed E-state index contributed by atoms with van der Waals surface area (Å²) in [6.45, 7) is 9.99. The molecule has 0 amide bonds. The van der Waals surface area contributed by atoms with Crippen LogP contribution in [0, 0.1) is 0 Å². The summed E-state index contributed by atoms with van der Waals surface area (Å²) in [4.78, 5) is 0. The van der Waals surface area contributed by atoms with Gasteiger partial charge in [-0.1, -0.05) is 153 Å². The summed E-state index contributed by atoms with van der Waals surface area (Å²) in [5, 5.41) is 0. The van der Waals surface area contributed by atoms with Crippen LogP contribution in [0.1, 0.15) is 193 Å². The highest BCUT2D eigenvalue weighted by Gasteiger charge is 2.00. The molecule has 0 aliphatic carbocycles. The van der Waals surface area contributed by atoms with Gasteiger partial charge in [0.25, 0.3) is 0 Å². The summed E-state index contributed by atoms with van der Waals surface area (Å²) in [6.07, 6.45) is 47.4. The predicted octanol–water partition coefficient (Wildman–Crippen LogP) is 13.6. The summed E-state index contributed by atoms with van der Waals surface area (Å²) >= 11 is 0. The van der Waals surface area contributed by atoms with E-state index in [1.54, 1.807) is 5.57 Å². The van der Waals surface area contributed by atoms with Crippen LogP contribution in [-0.4, -0.2) is 0 Å². The van der Waals surface area contributed by atoms with Gasteiger partial charge < -0.3 is 0 Å². The Bertz CT molecular complexity index is 457. The van der Waals surface area contributed by atoms with Gasteiger partial charge in [-0.15, -0.1) is 13.2 Å². The Labute approximate surface area is 229 Å². The molecule has 0 aromatic rings. The third-order valence-corrected chi connectivity index (χ3v) is 7.80. The van der Waals surface area contributed by atoms with Crippen molar-refractivity contribution in [3.63, 3.8) is 0 Å². The molecule has 0 radical (unpaired) electrons. The minimum absolute atomic E-state index is 1.19. The Morgan fingerprint density at radius 3 is 1.06 bits per heavy atom. The van der Waals surface area contributed by atoms with Gasteiger partial charge in [0.15, 0.2) is 0 Å². The van der Waals surface area contributed by atoms with E-state index in [1.807, 2.05) is 0 Å². The lowest BCUT2D eigenvalue weighted by molar-refractivity contribution is 0.536. The molecule has 0 saturated heterocycles. The third-order valence-electron chi connectivity index (χ3n) is 7.80. The Morgan fingerprint density at radius 1 is 0.389 bits per heavy atom. The molecule has 0 atom stereocenters. The maximum atomic E-state index is 3.85. The molecule has 0 spiro atoms. The van der Waals surface area contributed by atoms with Crippen molar-refractivity contribution in [1.29, 1.82) is 0 Å². The Morgan fingerprint density at radius 2 is 0.694 bits per heavy atom. The molecule has 0 aliphatic heterocycles. The van der Waals surface area contributed by atoms with Crippen LogP contribution >= 0.6 is 0 Å². The van der Waals surface area contributed by atoms with Crippen molar-refractivity contribution >= 4 is 0 Å². The average Bonchev–Trinajstić information content (AvgIpc) is 2.89. The molecular weight excluding hydrogens is 432 g/mol. The lowest BCUT2D eigenvalue weighted by atomic mass is 9.97. The zero-order valence-electron chi connectivity index (χ0n) is 25.2. The van der Waals surface area contributed by atoms with E-state index in [1.165, 1.54) is 186 Å². The molecule has 0 aromatic heterocycles. The zero-order valence-corrected chi connectivity index (χ0v) is 25.2. The fraction of sp³-hybridized carbons (Fsp3) is 0.833. The second-order valence-corrected chi connectivity index (χ2v) is 11.4. The molecule has 212 valence electrons. The van der Waals surface area contributed by atoms with Crippen molar-refractivity contribution in [3.8, 4) is 0 Å². The number of hydrogen-bond donors (Lipinski definition) is 0. The van der Waals surface area contributed by atoms with E-state index in [4.69, 9.17) is 0 Å². The molecule has 0 unspecified atom stereocenters. The van der Waals surface area contributed by atoms with Crippen molar-refractivity contribution in [1.82, 2.24) is 0 Å². The topological polar surface area (TPSA) is 0 Å². The molecule has 0 aliphatic rings. The van der Waals surface area contributed by atoms with E-state index in [0.29, 0.717) is 0 Å². The number of allylic oxidation sites excluding steroid dienone is 4. The Hall–Kier alpha value is -0.780. The lowest BCUT2D eigenvalue weighted by Crippen LogP contribution is -1.89. The van der Waals surface area contributed by atoms with E-state index in [-0.39, 0.29) is 0 Å². The summed E-state index contributed by atoms with van der Waals surface area (Å²) < 4.78 is 0. The van der Waals surface area contributed by atoms with Gasteiger partial charge in [-0.2, -0.15) is 0 Å². The highest BCUT2D eigenvalue weighted by molar-refractivity contribution is 5.02. The SMILES string of the molecule is C=CCCCCCCCCC(=CCCCCCCCCCCCCCCCC)CCCCCCC=C. The second kappa shape index (κ2) is 32.2. The summed E-state index contributed by atoms with van der Waals surface area (Å²) in [7, 11) is 0. The third kappa shape index (κ3) is 29.5. The predicted molar refractivity (Wildman–Crippen MR) is 168 cm³/mol. The van der Waals surface area contributed by atoms with E-state index in [0.717, 1.165) is 0 Å². The molecule has 0 heterocycles. The Balaban J connectivity index is 3.82. The van der Waals surface area contributed by atoms with Gasteiger partial charge in [-0.3, -0.25) is 0 Å². The molecule has 0 aromatic carbocycles. The van der Waals surface area contributed by atoms with Gasteiger partial charge in [0.2, 0.25) is 0 Å². The lowest BCUT2D eigenvalue weighted by Gasteiger charge is -2.09. The fourth-order valence-corrected chi connectivity index (χ4v) is 5.32. The first-order chi connectivity index (χ1) is 17.8. The van der Waals surface area contributed by atoms with Crippen molar-refractivity contribution in [2.24, 2.45) is 0 Å². The smallest absolute Gasteiger partial charge is 0.0320 e. The van der Waals surface area contributed by atoms with Crippen LogP contribution in [0.4, 0.5) is 0 Å². The van der Waals surface area contributed by atoms with Crippen molar-refractivity contribution in [2.45, 2.75) is 193 Å². The van der Waals surface area contributed by atoms with Crippen LogP contribution in [0.15, 0.2) is 37.0 Å². The molecule has 0 nitrogen and oxygen atoms in total. The maximum Gasteiger partial charge on any atom is -0.0320 e. The summed E-state index contributed by atoms with van der Waals surface area (Å²) in [6, 6.07) is 0. The minimum Gasteiger partial charge on any atom is -0.103 e. The van der Waals surface area contributed by atoms with Crippen LogP contribution in [0.3, 0.4) is 0 Å². The molecular formula is C36H68. The number of hydrogen-bond acceptors (Lipinski definition) is 0. The van der Waals surface area contributed by atoms with Gasteiger partial charge in [0, 0.05) is 0 Å². The number of unbranched alkanes of at least 4 members (excludes halogenated alkanes) is 24. The average molecular weight is 501 g/mol. The van der Waals surface area contributed by atoms with Gasteiger partial charge in [0.1, 0.15) is 0 Å². The molecule has 0 rings (SSSR count). The molecule has 0 saturated carbocycles. The van der Waals surface area contributed by atoms with E-state index >= 15 is 0 Å². The van der Waals surface area contributed by atoms with Crippen LogP contribution in [0.25, 0.3) is 0 Å². The van der Waals surface area contributed by atoms with Gasteiger partial charge >= 0.3 is 0 Å². The van der Waals surface area contributed by atoms with Crippen molar-refractivity contribution in [2.75, 3.05) is 0 Å². The maximum absolute atomic E-state index is 3.85. The highest BCUT2D eigenvalue weighted by atomic mass is 14.1. The first-order valence-corrected chi connectivity index (χ1v) is 16.7. The van der Waals surface area contributed by atoms with Gasteiger partial charge in [-0.05, 0) is 64.2 Å². The fourth-order valence-electron chi connectivity index (χ4n) is 5.32. The second-order valence-electron chi connectivity index (χ2n) is 11.4. The van der Waals surface area contributed by atoms with Gasteiger partial charge in [0.05, 0.1) is 0 Å². The van der Waals surface area contributed by atoms with Crippen LogP contribution in [0.5, 0.6) is 0 Å². The number of rotatable bonds is 31. The molecule has 0 heteroatoms. The molecule has 0 N–H and O–H groups in total. The normalized spacial score (nSPS) is 11.8. The van der Waals surface area contributed by atoms with Crippen LogP contribution < -0.4 is 0 Å². The van der Waals surface area contributed by atoms with Crippen molar-refractivity contribution in [3.05, 3.63) is 37.0 Å². The van der Waals surface area contributed by atoms with Crippen molar-refractivity contribution < 1.29 is 0 Å². The standard InChI is InChI=1S/C36H68/c1-4-7-10-13-16-18-19-20-21-22-23-24-26-29-32-35-36(33-30-27-15-12-9-6-3)34-31-28-25-17-14-11-8-5-2/h5-6,35H,2-4,7-34H2,1H3. The molecule has 0 fully saturated rings. The quantitative estimate of drug-likeness (QED) is 0.0655.